The van der Waals surface area contributed by atoms with Gasteiger partial charge < -0.3 is 11.1 Å². The molecule has 2 unspecified atom stereocenters. The van der Waals surface area contributed by atoms with Gasteiger partial charge >= 0.3 is 0 Å². The van der Waals surface area contributed by atoms with E-state index < -0.39 is 0 Å². The first-order valence-corrected chi connectivity index (χ1v) is 6.21. The number of hydrogen-bond donors (Lipinski definition) is 2. The van der Waals surface area contributed by atoms with Crippen LogP contribution in [0, 0.1) is 5.92 Å². The number of nitrogens with two attached hydrogens (primary N) is 1. The summed E-state index contributed by atoms with van der Waals surface area (Å²) in [7, 11) is 0. The Balaban J connectivity index is 2.07. The fraction of sp³-hybridized carbons (Fsp3) is 0.615. The Morgan fingerprint density at radius 3 is 3.00 bits per heavy atom. The summed E-state index contributed by atoms with van der Waals surface area (Å²) >= 11 is 0. The molecular formula is C13H21N3. The molecular weight excluding hydrogens is 198 g/mol. The number of anilines is 1. The van der Waals surface area contributed by atoms with E-state index in [-0.39, 0.29) is 0 Å². The fourth-order valence-electron chi connectivity index (χ4n) is 2.44. The highest BCUT2D eigenvalue weighted by molar-refractivity contribution is 5.44. The summed E-state index contributed by atoms with van der Waals surface area (Å²) in [5.41, 5.74) is 6.82. The number of pyridine rings is 1. The van der Waals surface area contributed by atoms with Gasteiger partial charge in [0, 0.05) is 24.3 Å². The molecule has 0 spiro atoms. The summed E-state index contributed by atoms with van der Waals surface area (Å²) < 4.78 is 0. The minimum absolute atomic E-state index is 0.553. The lowest BCUT2D eigenvalue weighted by Crippen LogP contribution is -2.31. The summed E-state index contributed by atoms with van der Waals surface area (Å²) in [6.07, 6.45) is 7.09. The number of hydrogen-bond acceptors (Lipinski definition) is 3. The van der Waals surface area contributed by atoms with Gasteiger partial charge in [0.15, 0.2) is 0 Å². The first kappa shape index (κ1) is 11.4. The average molecular weight is 219 g/mol. The molecule has 1 aromatic heterocycles. The Morgan fingerprint density at radius 2 is 2.25 bits per heavy atom. The maximum Gasteiger partial charge on any atom is 0.130 e. The first-order valence-electron chi connectivity index (χ1n) is 6.21. The standard InChI is InChI=1S/C13H21N3/c1-10-5-2-3-7-12(10)16-13-11(9-14)6-4-8-15-13/h4,6,8,10,12H,2-3,5,7,9,14H2,1H3,(H,15,16). The van der Waals surface area contributed by atoms with Crippen molar-refractivity contribution in [1.29, 1.82) is 0 Å². The van der Waals surface area contributed by atoms with Crippen molar-refractivity contribution in [3.05, 3.63) is 23.9 Å². The lowest BCUT2D eigenvalue weighted by Gasteiger charge is -2.30. The van der Waals surface area contributed by atoms with E-state index in [1.165, 1.54) is 25.7 Å². The van der Waals surface area contributed by atoms with E-state index in [0.29, 0.717) is 12.6 Å². The number of nitrogens with one attached hydrogen (secondary N) is 1. The Hall–Kier alpha value is -1.09. The monoisotopic (exact) mass is 219 g/mol. The molecule has 3 N–H and O–H groups in total. The molecule has 0 aliphatic heterocycles. The lowest BCUT2D eigenvalue weighted by molar-refractivity contribution is 0.349. The van der Waals surface area contributed by atoms with Crippen molar-refractivity contribution in [2.24, 2.45) is 11.7 Å². The highest BCUT2D eigenvalue weighted by Crippen LogP contribution is 2.27. The van der Waals surface area contributed by atoms with Gasteiger partial charge in [-0.15, -0.1) is 0 Å². The summed E-state index contributed by atoms with van der Waals surface area (Å²) in [4.78, 5) is 4.39. The Bertz CT molecular complexity index is 338. The lowest BCUT2D eigenvalue weighted by atomic mass is 9.86. The SMILES string of the molecule is CC1CCCCC1Nc1ncccc1CN. The van der Waals surface area contributed by atoms with E-state index in [2.05, 4.69) is 17.2 Å². The van der Waals surface area contributed by atoms with Crippen LogP contribution in [0.1, 0.15) is 38.2 Å². The molecule has 1 aliphatic carbocycles. The molecule has 1 fully saturated rings. The highest BCUT2D eigenvalue weighted by atomic mass is 15.0. The van der Waals surface area contributed by atoms with Crippen LogP contribution in [0.3, 0.4) is 0 Å². The quantitative estimate of drug-likeness (QED) is 0.821. The van der Waals surface area contributed by atoms with Crippen molar-refractivity contribution in [3.63, 3.8) is 0 Å². The molecule has 2 atom stereocenters. The minimum atomic E-state index is 0.553. The van der Waals surface area contributed by atoms with Crippen molar-refractivity contribution in [2.75, 3.05) is 5.32 Å². The molecule has 1 aliphatic rings. The largest absolute Gasteiger partial charge is 0.367 e. The zero-order chi connectivity index (χ0) is 11.4. The van der Waals surface area contributed by atoms with Gasteiger partial charge in [0.1, 0.15) is 5.82 Å². The molecule has 3 nitrogen and oxygen atoms in total. The third-order valence-corrected chi connectivity index (χ3v) is 3.54. The molecule has 1 aromatic rings. The second kappa shape index (κ2) is 5.30. The van der Waals surface area contributed by atoms with Crippen LogP contribution >= 0.6 is 0 Å². The first-order chi connectivity index (χ1) is 7.81. The van der Waals surface area contributed by atoms with Crippen molar-refractivity contribution < 1.29 is 0 Å². The third-order valence-electron chi connectivity index (χ3n) is 3.54. The summed E-state index contributed by atoms with van der Waals surface area (Å²) in [5.74, 6) is 1.71. The maximum absolute atomic E-state index is 5.71. The van der Waals surface area contributed by atoms with Gasteiger partial charge in [-0.3, -0.25) is 0 Å². The molecule has 0 aromatic carbocycles. The number of nitrogens with zero attached hydrogens (tertiary/aromatic N) is 1. The zero-order valence-corrected chi connectivity index (χ0v) is 9.95. The van der Waals surface area contributed by atoms with Gasteiger partial charge in [0.25, 0.3) is 0 Å². The molecule has 2 rings (SSSR count). The minimum Gasteiger partial charge on any atom is -0.367 e. The van der Waals surface area contributed by atoms with Crippen LogP contribution in [0.15, 0.2) is 18.3 Å². The molecule has 0 saturated heterocycles. The van der Waals surface area contributed by atoms with Gasteiger partial charge in [-0.1, -0.05) is 25.8 Å². The second-order valence-electron chi connectivity index (χ2n) is 4.73. The molecule has 88 valence electrons. The van der Waals surface area contributed by atoms with Crippen LogP contribution in [0.4, 0.5) is 5.82 Å². The van der Waals surface area contributed by atoms with Crippen LogP contribution in [0.25, 0.3) is 0 Å². The maximum atomic E-state index is 5.71. The molecule has 1 saturated carbocycles. The Morgan fingerprint density at radius 1 is 1.44 bits per heavy atom. The topological polar surface area (TPSA) is 50.9 Å². The van der Waals surface area contributed by atoms with E-state index in [4.69, 9.17) is 5.73 Å². The second-order valence-corrected chi connectivity index (χ2v) is 4.73. The molecule has 3 heteroatoms. The van der Waals surface area contributed by atoms with Crippen LogP contribution in [-0.4, -0.2) is 11.0 Å². The van der Waals surface area contributed by atoms with E-state index in [0.717, 1.165) is 17.3 Å². The summed E-state index contributed by atoms with van der Waals surface area (Å²) in [5, 5.41) is 3.56. The molecule has 16 heavy (non-hydrogen) atoms. The van der Waals surface area contributed by atoms with E-state index in [1.807, 2.05) is 18.3 Å². The van der Waals surface area contributed by atoms with E-state index >= 15 is 0 Å². The summed E-state index contributed by atoms with van der Waals surface area (Å²) in [6.45, 7) is 2.87. The van der Waals surface area contributed by atoms with Crippen molar-refractivity contribution in [3.8, 4) is 0 Å². The molecule has 1 heterocycles. The molecule has 0 radical (unpaired) electrons. The van der Waals surface area contributed by atoms with Crippen molar-refractivity contribution >= 4 is 5.82 Å². The fourth-order valence-corrected chi connectivity index (χ4v) is 2.44. The number of rotatable bonds is 3. The van der Waals surface area contributed by atoms with Crippen LogP contribution < -0.4 is 11.1 Å². The predicted octanol–water partition coefficient (Wildman–Crippen LogP) is 2.53. The molecule has 0 amide bonds. The molecule has 0 bridgehead atoms. The van der Waals surface area contributed by atoms with Gasteiger partial charge in [-0.05, 0) is 24.8 Å². The van der Waals surface area contributed by atoms with Gasteiger partial charge in [0.2, 0.25) is 0 Å². The number of aromatic nitrogens is 1. The van der Waals surface area contributed by atoms with Gasteiger partial charge in [-0.2, -0.15) is 0 Å². The zero-order valence-electron chi connectivity index (χ0n) is 9.95. The highest BCUT2D eigenvalue weighted by Gasteiger charge is 2.21. The van der Waals surface area contributed by atoms with Gasteiger partial charge in [0.05, 0.1) is 0 Å². The van der Waals surface area contributed by atoms with E-state index in [1.54, 1.807) is 0 Å². The smallest absolute Gasteiger partial charge is 0.130 e. The Kier molecular flexibility index (Phi) is 3.78. The van der Waals surface area contributed by atoms with E-state index in [9.17, 15) is 0 Å². The van der Waals surface area contributed by atoms with Gasteiger partial charge in [-0.25, -0.2) is 4.98 Å². The normalized spacial score (nSPS) is 25.4. The predicted molar refractivity (Wildman–Crippen MR) is 67.2 cm³/mol. The van der Waals surface area contributed by atoms with Crippen molar-refractivity contribution in [2.45, 2.75) is 45.2 Å². The Labute approximate surface area is 97.5 Å². The van der Waals surface area contributed by atoms with Crippen LogP contribution in [-0.2, 0) is 6.54 Å². The van der Waals surface area contributed by atoms with Crippen molar-refractivity contribution in [1.82, 2.24) is 4.98 Å². The third kappa shape index (κ3) is 2.53. The summed E-state index contributed by atoms with van der Waals surface area (Å²) in [6, 6.07) is 4.55. The van der Waals surface area contributed by atoms with Crippen LogP contribution in [0.2, 0.25) is 0 Å². The van der Waals surface area contributed by atoms with Crippen LogP contribution in [0.5, 0.6) is 0 Å². The average Bonchev–Trinajstić information content (AvgIpc) is 2.33.